The molecule has 6 nitrogen and oxygen atoms in total. The number of fused-ring (bicyclic) bond motifs is 1. The van der Waals surface area contributed by atoms with Crippen LogP contribution in [0.2, 0.25) is 0 Å². The summed E-state index contributed by atoms with van der Waals surface area (Å²) in [5.74, 6) is 0.137. The summed E-state index contributed by atoms with van der Waals surface area (Å²) in [6.45, 7) is 3.97. The largest absolute Gasteiger partial charge is 0.351 e. The second-order valence-corrected chi connectivity index (χ2v) is 6.24. The quantitative estimate of drug-likeness (QED) is 0.718. The lowest BCUT2D eigenvalue weighted by Crippen LogP contribution is -2.25. The van der Waals surface area contributed by atoms with Crippen LogP contribution in [0.15, 0.2) is 35.5 Å². The van der Waals surface area contributed by atoms with Crippen LogP contribution in [0.5, 0.6) is 0 Å². The first kappa shape index (κ1) is 16.4. The molecule has 1 N–H and O–H groups in total. The van der Waals surface area contributed by atoms with Crippen molar-refractivity contribution in [2.24, 2.45) is 0 Å². The van der Waals surface area contributed by atoms with E-state index in [1.165, 1.54) is 17.8 Å². The van der Waals surface area contributed by atoms with Gasteiger partial charge in [0.05, 0.1) is 5.75 Å². The molecule has 0 aliphatic carbocycles. The Morgan fingerprint density at radius 1 is 1.29 bits per heavy atom. The molecule has 3 aromatic rings. The van der Waals surface area contributed by atoms with Crippen molar-refractivity contribution in [3.8, 4) is 0 Å². The van der Waals surface area contributed by atoms with Crippen LogP contribution >= 0.6 is 11.8 Å². The Kier molecular flexibility index (Phi) is 4.75. The normalized spacial score (nSPS) is 11.0. The Balaban J connectivity index is 1.58. The second-order valence-electron chi connectivity index (χ2n) is 5.30. The van der Waals surface area contributed by atoms with Crippen LogP contribution in [0, 0.1) is 19.7 Å². The highest BCUT2D eigenvalue weighted by Crippen LogP contribution is 2.15. The fourth-order valence-corrected chi connectivity index (χ4v) is 2.87. The number of benzene rings is 1. The number of rotatable bonds is 5. The standard InChI is InChI=1S/C16H16FN5OS/c1-10-7-11(2)22-15(19-10)20-16(21-22)24-9-14(23)18-8-12-5-3-4-6-13(12)17/h3-7H,8-9H2,1-2H3,(H,18,23). The Morgan fingerprint density at radius 3 is 2.88 bits per heavy atom. The maximum Gasteiger partial charge on any atom is 0.253 e. The summed E-state index contributed by atoms with van der Waals surface area (Å²) in [5, 5.41) is 7.49. The van der Waals surface area contributed by atoms with Crippen molar-refractivity contribution in [3.05, 3.63) is 53.1 Å². The number of aromatic nitrogens is 4. The van der Waals surface area contributed by atoms with E-state index in [2.05, 4.69) is 20.4 Å². The van der Waals surface area contributed by atoms with Crippen LogP contribution < -0.4 is 5.32 Å². The van der Waals surface area contributed by atoms with Crippen molar-refractivity contribution < 1.29 is 9.18 Å². The first-order chi connectivity index (χ1) is 11.5. The number of halogens is 1. The molecule has 8 heteroatoms. The Labute approximate surface area is 142 Å². The average molecular weight is 345 g/mol. The molecule has 0 bridgehead atoms. The van der Waals surface area contributed by atoms with E-state index in [0.29, 0.717) is 16.5 Å². The van der Waals surface area contributed by atoms with Gasteiger partial charge >= 0.3 is 0 Å². The van der Waals surface area contributed by atoms with Crippen molar-refractivity contribution in [1.29, 1.82) is 0 Å². The summed E-state index contributed by atoms with van der Waals surface area (Å²) in [4.78, 5) is 20.5. The van der Waals surface area contributed by atoms with E-state index in [1.807, 2.05) is 19.9 Å². The molecule has 0 fully saturated rings. The third-order valence-corrected chi connectivity index (χ3v) is 4.20. The number of nitrogens with one attached hydrogen (secondary N) is 1. The second kappa shape index (κ2) is 6.96. The first-order valence-corrected chi connectivity index (χ1v) is 8.35. The molecule has 0 spiro atoms. The van der Waals surface area contributed by atoms with E-state index in [1.54, 1.807) is 22.7 Å². The third-order valence-electron chi connectivity index (χ3n) is 3.37. The van der Waals surface area contributed by atoms with Gasteiger partial charge in [0.25, 0.3) is 5.78 Å². The molecular weight excluding hydrogens is 329 g/mol. The van der Waals surface area contributed by atoms with Crippen LogP contribution in [-0.2, 0) is 11.3 Å². The van der Waals surface area contributed by atoms with Gasteiger partial charge in [-0.15, -0.1) is 5.10 Å². The highest BCUT2D eigenvalue weighted by atomic mass is 32.2. The minimum atomic E-state index is -0.329. The number of hydrogen-bond acceptors (Lipinski definition) is 5. The number of thioether (sulfide) groups is 1. The lowest BCUT2D eigenvalue weighted by molar-refractivity contribution is -0.118. The smallest absolute Gasteiger partial charge is 0.253 e. The molecule has 0 saturated heterocycles. The summed E-state index contributed by atoms with van der Waals surface area (Å²) < 4.78 is 15.1. The minimum Gasteiger partial charge on any atom is -0.351 e. The Hall–Kier alpha value is -2.48. The molecule has 2 aromatic heterocycles. The van der Waals surface area contributed by atoms with Crippen molar-refractivity contribution in [2.75, 3.05) is 5.75 Å². The molecule has 0 aliphatic rings. The summed E-state index contributed by atoms with van der Waals surface area (Å²) in [6.07, 6.45) is 0. The highest BCUT2D eigenvalue weighted by molar-refractivity contribution is 7.99. The van der Waals surface area contributed by atoms with Gasteiger partial charge in [-0.3, -0.25) is 4.79 Å². The molecule has 0 atom stereocenters. The SMILES string of the molecule is Cc1cc(C)n2nc(SCC(=O)NCc3ccccc3F)nc2n1. The van der Waals surface area contributed by atoms with Crippen LogP contribution in [0.25, 0.3) is 5.78 Å². The first-order valence-electron chi connectivity index (χ1n) is 7.37. The number of carbonyl (C=O) groups is 1. The van der Waals surface area contributed by atoms with Crippen LogP contribution in [0.3, 0.4) is 0 Å². The highest BCUT2D eigenvalue weighted by Gasteiger charge is 2.11. The van der Waals surface area contributed by atoms with E-state index in [-0.39, 0.29) is 24.0 Å². The van der Waals surface area contributed by atoms with Gasteiger partial charge in [-0.1, -0.05) is 30.0 Å². The van der Waals surface area contributed by atoms with Gasteiger partial charge in [0, 0.05) is 23.5 Å². The molecule has 0 unspecified atom stereocenters. The molecule has 0 radical (unpaired) electrons. The van der Waals surface area contributed by atoms with Crippen molar-refractivity contribution in [3.63, 3.8) is 0 Å². The Bertz CT molecular complexity index is 895. The van der Waals surface area contributed by atoms with Gasteiger partial charge in [-0.25, -0.2) is 13.9 Å². The van der Waals surface area contributed by atoms with E-state index in [9.17, 15) is 9.18 Å². The average Bonchev–Trinajstić information content (AvgIpc) is 2.95. The molecule has 0 saturated carbocycles. The molecule has 124 valence electrons. The number of amides is 1. The van der Waals surface area contributed by atoms with Gasteiger partial charge < -0.3 is 5.32 Å². The fraction of sp³-hybridized carbons (Fsp3) is 0.250. The maximum atomic E-state index is 13.5. The van der Waals surface area contributed by atoms with Gasteiger partial charge in [-0.2, -0.15) is 4.98 Å². The molecular formula is C16H16FN5OS. The van der Waals surface area contributed by atoms with E-state index in [4.69, 9.17) is 0 Å². The fourth-order valence-electron chi connectivity index (χ4n) is 2.23. The summed E-state index contributed by atoms with van der Waals surface area (Å²) in [6, 6.07) is 8.27. The predicted octanol–water partition coefficient (Wildman–Crippen LogP) is 2.29. The third kappa shape index (κ3) is 3.70. The van der Waals surface area contributed by atoms with Gasteiger partial charge in [0.2, 0.25) is 11.1 Å². The zero-order chi connectivity index (χ0) is 17.1. The van der Waals surface area contributed by atoms with E-state index in [0.717, 1.165) is 11.4 Å². The zero-order valence-corrected chi connectivity index (χ0v) is 14.1. The number of hydrogen-bond donors (Lipinski definition) is 1. The van der Waals surface area contributed by atoms with Gasteiger partial charge in [0.15, 0.2) is 0 Å². The van der Waals surface area contributed by atoms with Crippen molar-refractivity contribution in [2.45, 2.75) is 25.5 Å². The monoisotopic (exact) mass is 345 g/mol. The predicted molar refractivity (Wildman–Crippen MR) is 89.2 cm³/mol. The van der Waals surface area contributed by atoms with Gasteiger partial charge in [0.1, 0.15) is 5.82 Å². The van der Waals surface area contributed by atoms with Crippen LogP contribution in [0.1, 0.15) is 17.0 Å². The topological polar surface area (TPSA) is 72.2 Å². The number of nitrogens with zero attached hydrogens (tertiary/aromatic N) is 4. The van der Waals surface area contributed by atoms with Crippen molar-refractivity contribution >= 4 is 23.4 Å². The summed E-state index contributed by atoms with van der Waals surface area (Å²) in [5.41, 5.74) is 2.25. The van der Waals surface area contributed by atoms with Gasteiger partial charge in [-0.05, 0) is 26.0 Å². The van der Waals surface area contributed by atoms with Crippen molar-refractivity contribution in [1.82, 2.24) is 24.9 Å². The zero-order valence-electron chi connectivity index (χ0n) is 13.3. The lowest BCUT2D eigenvalue weighted by atomic mass is 10.2. The number of aryl methyl sites for hydroxylation is 2. The van der Waals surface area contributed by atoms with E-state index >= 15 is 0 Å². The lowest BCUT2D eigenvalue weighted by Gasteiger charge is -2.05. The molecule has 24 heavy (non-hydrogen) atoms. The minimum absolute atomic E-state index is 0.156. The molecule has 2 heterocycles. The summed E-state index contributed by atoms with van der Waals surface area (Å²) in [7, 11) is 0. The molecule has 1 amide bonds. The van der Waals surface area contributed by atoms with E-state index < -0.39 is 0 Å². The maximum absolute atomic E-state index is 13.5. The molecule has 3 rings (SSSR count). The number of carbonyl (C=O) groups excluding carboxylic acids is 1. The Morgan fingerprint density at radius 2 is 2.08 bits per heavy atom. The molecule has 1 aromatic carbocycles. The van der Waals surface area contributed by atoms with Crippen LogP contribution in [-0.4, -0.2) is 31.2 Å². The summed E-state index contributed by atoms with van der Waals surface area (Å²) >= 11 is 1.22. The van der Waals surface area contributed by atoms with Crippen LogP contribution in [0.4, 0.5) is 4.39 Å². The molecule has 0 aliphatic heterocycles.